The zero-order valence-electron chi connectivity index (χ0n) is 14.1. The van der Waals surface area contributed by atoms with Crippen LogP contribution in [0, 0.1) is 5.82 Å². The Morgan fingerprint density at radius 2 is 1.93 bits per heavy atom. The first kappa shape index (κ1) is 21.1. The van der Waals surface area contributed by atoms with E-state index in [9.17, 15) is 22.4 Å². The Balaban J connectivity index is 0.00000261. The number of amides is 1. The van der Waals surface area contributed by atoms with Gasteiger partial charge < -0.3 is 15.2 Å². The Morgan fingerprint density at radius 3 is 2.59 bits per heavy atom. The van der Waals surface area contributed by atoms with Gasteiger partial charge in [0.2, 0.25) is 11.7 Å². The summed E-state index contributed by atoms with van der Waals surface area (Å²) >= 11 is 0. The molecule has 1 aromatic heterocycles. The molecule has 0 saturated carbocycles. The number of aromatic nitrogens is 3. The van der Waals surface area contributed by atoms with E-state index in [1.165, 1.54) is 11.0 Å². The van der Waals surface area contributed by atoms with Gasteiger partial charge in [0.05, 0.1) is 6.54 Å². The van der Waals surface area contributed by atoms with Crippen LogP contribution in [-0.2, 0) is 30.5 Å². The highest BCUT2D eigenvalue weighted by atomic mass is 35.5. The summed E-state index contributed by atoms with van der Waals surface area (Å²) in [5.74, 6) is -1.67. The molecule has 1 aromatic carbocycles. The van der Waals surface area contributed by atoms with E-state index in [0.29, 0.717) is 5.56 Å². The van der Waals surface area contributed by atoms with Gasteiger partial charge in [0, 0.05) is 25.6 Å². The van der Waals surface area contributed by atoms with Crippen molar-refractivity contribution < 1.29 is 22.4 Å². The highest BCUT2D eigenvalue weighted by Gasteiger charge is 2.39. The highest BCUT2D eigenvalue weighted by molar-refractivity contribution is 5.85. The molecule has 27 heavy (non-hydrogen) atoms. The third-order valence-corrected chi connectivity index (χ3v) is 4.24. The molecule has 3 rings (SSSR count). The quantitative estimate of drug-likeness (QED) is 0.788. The van der Waals surface area contributed by atoms with Gasteiger partial charge in [-0.2, -0.15) is 13.2 Å². The fourth-order valence-electron chi connectivity index (χ4n) is 2.95. The number of alkyl halides is 3. The van der Waals surface area contributed by atoms with Gasteiger partial charge >= 0.3 is 6.18 Å². The van der Waals surface area contributed by atoms with Crippen molar-refractivity contribution in [3.05, 3.63) is 47.3 Å². The molecule has 0 saturated heterocycles. The van der Waals surface area contributed by atoms with Gasteiger partial charge in [0.25, 0.3) is 0 Å². The summed E-state index contributed by atoms with van der Waals surface area (Å²) in [6.45, 7) is 0.0131. The summed E-state index contributed by atoms with van der Waals surface area (Å²) in [5.41, 5.74) is 6.36. The largest absolute Gasteiger partial charge is 0.451 e. The maximum Gasteiger partial charge on any atom is 0.451 e. The first-order valence-electron chi connectivity index (χ1n) is 8.01. The van der Waals surface area contributed by atoms with E-state index < -0.39 is 18.0 Å². The molecular formula is C16H18ClF4N5O. The number of nitrogens with two attached hydrogens (primary N) is 1. The molecule has 2 aromatic rings. The van der Waals surface area contributed by atoms with E-state index in [1.54, 1.807) is 18.2 Å². The monoisotopic (exact) mass is 407 g/mol. The zero-order valence-corrected chi connectivity index (χ0v) is 14.9. The van der Waals surface area contributed by atoms with Gasteiger partial charge in [0.1, 0.15) is 5.82 Å². The van der Waals surface area contributed by atoms with E-state index in [-0.39, 0.29) is 62.4 Å². The average molecular weight is 408 g/mol. The third kappa shape index (κ3) is 4.75. The van der Waals surface area contributed by atoms with Gasteiger partial charge in [-0.3, -0.25) is 4.79 Å². The first-order chi connectivity index (χ1) is 12.3. The van der Waals surface area contributed by atoms with E-state index in [2.05, 4.69) is 10.2 Å². The van der Waals surface area contributed by atoms with E-state index in [1.807, 2.05) is 0 Å². The summed E-state index contributed by atoms with van der Waals surface area (Å²) in [5, 5.41) is 6.71. The molecule has 11 heteroatoms. The van der Waals surface area contributed by atoms with Crippen LogP contribution in [0.3, 0.4) is 0 Å². The van der Waals surface area contributed by atoms with Crippen molar-refractivity contribution >= 4 is 18.3 Å². The molecule has 0 aliphatic carbocycles. The fourth-order valence-corrected chi connectivity index (χ4v) is 2.95. The van der Waals surface area contributed by atoms with Crippen LogP contribution >= 0.6 is 12.4 Å². The van der Waals surface area contributed by atoms with Crippen LogP contribution in [0.4, 0.5) is 17.6 Å². The number of carbonyl (C=O) groups is 1. The minimum atomic E-state index is -4.58. The molecule has 0 bridgehead atoms. The normalized spacial score (nSPS) is 15.1. The number of fused-ring (bicyclic) bond motifs is 1. The first-order valence-corrected chi connectivity index (χ1v) is 8.01. The standard InChI is InChI=1S/C16H17F4N5O.ClH/c17-12-4-2-1-3-10(12)7-11(21)8-14(26)24-5-6-25-13(9-24)22-23-15(25)16(18,19)20;/h1-4,11H,5-9,21H2;1H/t11-;/m1./s1. The molecule has 1 aliphatic heterocycles. The number of benzene rings is 1. The van der Waals surface area contributed by atoms with E-state index in [0.717, 1.165) is 4.57 Å². The van der Waals surface area contributed by atoms with Crippen molar-refractivity contribution in [1.29, 1.82) is 0 Å². The van der Waals surface area contributed by atoms with Gasteiger partial charge in [-0.25, -0.2) is 4.39 Å². The smallest absolute Gasteiger partial charge is 0.333 e. The van der Waals surface area contributed by atoms with Crippen molar-refractivity contribution in [1.82, 2.24) is 19.7 Å². The fraction of sp³-hybridized carbons (Fsp3) is 0.438. The van der Waals surface area contributed by atoms with Crippen LogP contribution in [0.1, 0.15) is 23.6 Å². The highest BCUT2D eigenvalue weighted by Crippen LogP contribution is 2.29. The van der Waals surface area contributed by atoms with E-state index in [4.69, 9.17) is 5.73 Å². The molecule has 0 unspecified atom stereocenters. The number of halogens is 5. The van der Waals surface area contributed by atoms with E-state index >= 15 is 0 Å². The molecule has 6 nitrogen and oxygen atoms in total. The van der Waals surface area contributed by atoms with Gasteiger partial charge in [-0.1, -0.05) is 18.2 Å². The predicted molar refractivity (Wildman–Crippen MR) is 90.4 cm³/mol. The molecular weight excluding hydrogens is 390 g/mol. The molecule has 148 valence electrons. The molecule has 2 N–H and O–H groups in total. The number of carbonyl (C=O) groups excluding carboxylic acids is 1. The molecule has 2 heterocycles. The molecule has 1 amide bonds. The lowest BCUT2D eigenvalue weighted by Gasteiger charge is -2.29. The van der Waals surface area contributed by atoms with Crippen LogP contribution in [0.5, 0.6) is 0 Å². The second-order valence-corrected chi connectivity index (χ2v) is 6.16. The predicted octanol–water partition coefficient (Wildman–Crippen LogP) is 2.16. The SMILES string of the molecule is Cl.N[C@@H](CC(=O)N1CCn2c(nnc2C(F)(F)F)C1)Cc1ccccc1F. The van der Waals surface area contributed by atoms with Gasteiger partial charge in [-0.05, 0) is 18.1 Å². The van der Waals surface area contributed by atoms with Crippen molar-refractivity contribution in [3.63, 3.8) is 0 Å². The molecule has 1 atom stereocenters. The second kappa shape index (κ2) is 8.22. The van der Waals surface area contributed by atoms with Crippen molar-refractivity contribution in [2.24, 2.45) is 5.73 Å². The van der Waals surface area contributed by atoms with Crippen LogP contribution in [-0.4, -0.2) is 38.2 Å². The number of hydrogen-bond donors (Lipinski definition) is 1. The topological polar surface area (TPSA) is 77.0 Å². The summed E-state index contributed by atoms with van der Waals surface area (Å²) in [7, 11) is 0. The maximum absolute atomic E-state index is 13.6. The zero-order chi connectivity index (χ0) is 18.9. The average Bonchev–Trinajstić information content (AvgIpc) is 3.00. The Labute approximate surface area is 158 Å². The lowest BCUT2D eigenvalue weighted by atomic mass is 10.0. The summed E-state index contributed by atoms with van der Waals surface area (Å²) in [4.78, 5) is 13.8. The Bertz CT molecular complexity index is 810. The summed E-state index contributed by atoms with van der Waals surface area (Å²) in [6.07, 6.45) is -4.42. The Hall–Kier alpha value is -2.20. The van der Waals surface area contributed by atoms with Crippen LogP contribution in [0.2, 0.25) is 0 Å². The number of rotatable bonds is 4. The van der Waals surface area contributed by atoms with Crippen LogP contribution in [0.25, 0.3) is 0 Å². The summed E-state index contributed by atoms with van der Waals surface area (Å²) < 4.78 is 53.1. The summed E-state index contributed by atoms with van der Waals surface area (Å²) in [6, 6.07) is 5.57. The Kier molecular flexibility index (Phi) is 6.42. The minimum Gasteiger partial charge on any atom is -0.333 e. The van der Waals surface area contributed by atoms with Gasteiger partial charge in [-0.15, -0.1) is 22.6 Å². The Morgan fingerprint density at radius 1 is 1.22 bits per heavy atom. The van der Waals surface area contributed by atoms with Crippen LogP contribution < -0.4 is 5.73 Å². The lowest BCUT2D eigenvalue weighted by Crippen LogP contribution is -2.42. The second-order valence-electron chi connectivity index (χ2n) is 6.16. The molecule has 0 fully saturated rings. The maximum atomic E-state index is 13.6. The van der Waals surface area contributed by atoms with Crippen LogP contribution in [0.15, 0.2) is 24.3 Å². The molecule has 0 radical (unpaired) electrons. The number of hydrogen-bond acceptors (Lipinski definition) is 4. The number of nitrogens with zero attached hydrogens (tertiary/aromatic N) is 4. The lowest BCUT2D eigenvalue weighted by molar-refractivity contribution is -0.148. The van der Waals surface area contributed by atoms with Crippen molar-refractivity contribution in [3.8, 4) is 0 Å². The third-order valence-electron chi connectivity index (χ3n) is 4.24. The minimum absolute atomic E-state index is 0. The van der Waals surface area contributed by atoms with Crippen molar-refractivity contribution in [2.45, 2.75) is 38.1 Å². The van der Waals surface area contributed by atoms with Crippen molar-refractivity contribution in [2.75, 3.05) is 6.54 Å². The molecule has 1 aliphatic rings. The molecule has 0 spiro atoms. The van der Waals surface area contributed by atoms with Gasteiger partial charge in [0.15, 0.2) is 5.82 Å².